The lowest BCUT2D eigenvalue weighted by Gasteiger charge is -2.08. The van der Waals surface area contributed by atoms with E-state index in [0.717, 1.165) is 22.5 Å². The van der Waals surface area contributed by atoms with Crippen molar-refractivity contribution in [1.82, 2.24) is 4.98 Å². The van der Waals surface area contributed by atoms with Crippen molar-refractivity contribution < 1.29 is 5.11 Å². The van der Waals surface area contributed by atoms with Crippen LogP contribution in [0.5, 0.6) is 5.75 Å². The number of hydrogen-bond donors (Lipinski definition) is 2. The summed E-state index contributed by atoms with van der Waals surface area (Å²) < 4.78 is 0. The molecule has 0 saturated carbocycles. The van der Waals surface area contributed by atoms with Crippen LogP contribution in [0.2, 0.25) is 0 Å². The van der Waals surface area contributed by atoms with Gasteiger partial charge >= 0.3 is 0 Å². The van der Waals surface area contributed by atoms with Crippen LogP contribution in [0.25, 0.3) is 11.1 Å². The van der Waals surface area contributed by atoms with Crippen molar-refractivity contribution >= 4 is 5.82 Å². The zero-order valence-corrected chi connectivity index (χ0v) is 11.5. The monoisotopic (exact) mass is 276 g/mol. The summed E-state index contributed by atoms with van der Waals surface area (Å²) in [4.78, 5) is 4.41. The van der Waals surface area contributed by atoms with Gasteiger partial charge in [-0.3, -0.25) is 0 Å². The third-order valence-electron chi connectivity index (χ3n) is 3.32. The first-order valence-corrected chi connectivity index (χ1v) is 6.85. The number of nitrogens with one attached hydrogen (secondary N) is 1. The zero-order chi connectivity index (χ0) is 14.5. The van der Waals surface area contributed by atoms with Gasteiger partial charge in [-0.15, -0.1) is 0 Å². The molecule has 0 spiro atoms. The molecule has 3 aromatic rings. The van der Waals surface area contributed by atoms with E-state index < -0.39 is 0 Å². The fraction of sp³-hybridized carbons (Fsp3) is 0.0556. The second-order valence-corrected chi connectivity index (χ2v) is 4.78. The van der Waals surface area contributed by atoms with Gasteiger partial charge in [0.1, 0.15) is 11.6 Å². The highest BCUT2D eigenvalue weighted by Crippen LogP contribution is 2.20. The van der Waals surface area contributed by atoms with Gasteiger partial charge in [0.05, 0.1) is 0 Å². The number of aromatic nitrogens is 1. The Kier molecular flexibility index (Phi) is 3.83. The molecule has 2 aromatic carbocycles. The molecular weight excluding hydrogens is 260 g/mol. The van der Waals surface area contributed by atoms with E-state index >= 15 is 0 Å². The van der Waals surface area contributed by atoms with Gasteiger partial charge in [0.25, 0.3) is 0 Å². The first-order chi connectivity index (χ1) is 10.3. The minimum atomic E-state index is 0.297. The van der Waals surface area contributed by atoms with Crippen LogP contribution in [0.1, 0.15) is 5.56 Å². The van der Waals surface area contributed by atoms with Gasteiger partial charge in [-0.25, -0.2) is 4.98 Å². The smallest absolute Gasteiger partial charge is 0.126 e. The van der Waals surface area contributed by atoms with Gasteiger partial charge < -0.3 is 10.4 Å². The fourth-order valence-corrected chi connectivity index (χ4v) is 2.15. The Labute approximate surface area is 123 Å². The third kappa shape index (κ3) is 3.20. The van der Waals surface area contributed by atoms with Crippen molar-refractivity contribution in [3.8, 4) is 16.9 Å². The van der Waals surface area contributed by atoms with Crippen molar-refractivity contribution in [3.63, 3.8) is 0 Å². The predicted molar refractivity (Wildman–Crippen MR) is 85.1 cm³/mol. The Morgan fingerprint density at radius 2 is 1.57 bits per heavy atom. The molecule has 0 unspecified atom stereocenters. The maximum absolute atomic E-state index is 9.72. The number of phenols is 1. The molecule has 0 aliphatic carbocycles. The van der Waals surface area contributed by atoms with E-state index in [0.29, 0.717) is 12.3 Å². The van der Waals surface area contributed by atoms with Crippen LogP contribution < -0.4 is 5.32 Å². The maximum Gasteiger partial charge on any atom is 0.126 e. The van der Waals surface area contributed by atoms with Crippen molar-refractivity contribution in [2.75, 3.05) is 5.32 Å². The SMILES string of the molecule is Oc1ccccc1CNc1ccc(-c2ccccc2)cn1. The third-order valence-corrected chi connectivity index (χ3v) is 3.32. The van der Waals surface area contributed by atoms with Crippen LogP contribution in [0.4, 0.5) is 5.82 Å². The van der Waals surface area contributed by atoms with Crippen LogP contribution >= 0.6 is 0 Å². The van der Waals surface area contributed by atoms with Gasteiger partial charge in [-0.2, -0.15) is 0 Å². The average molecular weight is 276 g/mol. The van der Waals surface area contributed by atoms with Crippen LogP contribution in [0, 0.1) is 0 Å². The van der Waals surface area contributed by atoms with Crippen molar-refractivity contribution in [2.24, 2.45) is 0 Å². The first-order valence-electron chi connectivity index (χ1n) is 6.85. The van der Waals surface area contributed by atoms with Crippen LogP contribution in [0.15, 0.2) is 72.9 Å². The van der Waals surface area contributed by atoms with E-state index in [1.54, 1.807) is 6.07 Å². The summed E-state index contributed by atoms with van der Waals surface area (Å²) >= 11 is 0. The lowest BCUT2D eigenvalue weighted by Crippen LogP contribution is -2.01. The lowest BCUT2D eigenvalue weighted by molar-refractivity contribution is 0.469. The average Bonchev–Trinajstić information content (AvgIpc) is 2.55. The standard InChI is InChI=1S/C18H16N2O/c21-17-9-5-4-8-16(17)13-20-18-11-10-15(12-19-18)14-6-2-1-3-7-14/h1-12,21H,13H2,(H,19,20). The topological polar surface area (TPSA) is 45.1 Å². The summed E-state index contributed by atoms with van der Waals surface area (Å²) in [6, 6.07) is 21.4. The summed E-state index contributed by atoms with van der Waals surface area (Å²) in [6.45, 7) is 0.546. The number of anilines is 1. The molecule has 1 heterocycles. The molecule has 1 aromatic heterocycles. The van der Waals surface area contributed by atoms with Gasteiger partial charge in [-0.1, -0.05) is 48.5 Å². The molecule has 0 amide bonds. The second kappa shape index (κ2) is 6.09. The molecule has 104 valence electrons. The Bertz CT molecular complexity index is 709. The Morgan fingerprint density at radius 1 is 0.810 bits per heavy atom. The van der Waals surface area contributed by atoms with Gasteiger partial charge in [-0.05, 0) is 23.8 Å². The van der Waals surface area contributed by atoms with Gasteiger partial charge in [0.2, 0.25) is 0 Å². The minimum Gasteiger partial charge on any atom is -0.508 e. The number of nitrogens with zero attached hydrogens (tertiary/aromatic N) is 1. The highest BCUT2D eigenvalue weighted by molar-refractivity contribution is 5.63. The molecule has 2 N–H and O–H groups in total. The highest BCUT2D eigenvalue weighted by Gasteiger charge is 2.01. The molecule has 0 fully saturated rings. The van der Waals surface area contributed by atoms with Crippen LogP contribution in [-0.2, 0) is 6.54 Å². The summed E-state index contributed by atoms with van der Waals surface area (Å²) in [5.41, 5.74) is 3.09. The maximum atomic E-state index is 9.72. The van der Waals surface area contributed by atoms with Gasteiger partial charge in [0, 0.05) is 23.9 Å². The molecule has 0 bridgehead atoms. The zero-order valence-electron chi connectivity index (χ0n) is 11.5. The quantitative estimate of drug-likeness (QED) is 0.755. The highest BCUT2D eigenvalue weighted by atomic mass is 16.3. The van der Waals surface area contributed by atoms with E-state index in [1.807, 2.05) is 54.7 Å². The minimum absolute atomic E-state index is 0.297. The van der Waals surface area contributed by atoms with Crippen LogP contribution in [0.3, 0.4) is 0 Å². The number of aromatic hydroxyl groups is 1. The molecule has 3 nitrogen and oxygen atoms in total. The molecule has 0 saturated heterocycles. The Hall–Kier alpha value is -2.81. The number of para-hydroxylation sites is 1. The van der Waals surface area contributed by atoms with Gasteiger partial charge in [0.15, 0.2) is 0 Å². The van der Waals surface area contributed by atoms with E-state index in [2.05, 4.69) is 22.4 Å². The normalized spacial score (nSPS) is 10.3. The summed E-state index contributed by atoms with van der Waals surface area (Å²) in [5, 5.41) is 12.9. The van der Waals surface area contributed by atoms with E-state index in [9.17, 15) is 5.11 Å². The van der Waals surface area contributed by atoms with Crippen molar-refractivity contribution in [2.45, 2.75) is 6.54 Å². The molecule has 0 aliphatic rings. The Morgan fingerprint density at radius 3 is 2.29 bits per heavy atom. The molecule has 0 radical (unpaired) electrons. The van der Waals surface area contributed by atoms with Crippen LogP contribution in [-0.4, -0.2) is 10.1 Å². The van der Waals surface area contributed by atoms with E-state index in [-0.39, 0.29) is 0 Å². The first kappa shape index (κ1) is 13.2. The van der Waals surface area contributed by atoms with Crippen molar-refractivity contribution in [1.29, 1.82) is 0 Å². The summed E-state index contributed by atoms with van der Waals surface area (Å²) in [7, 11) is 0. The number of rotatable bonds is 4. The Balaban J connectivity index is 1.69. The number of pyridine rings is 1. The molecule has 0 aliphatic heterocycles. The molecule has 3 rings (SSSR count). The van der Waals surface area contributed by atoms with E-state index in [4.69, 9.17) is 0 Å². The largest absolute Gasteiger partial charge is 0.508 e. The van der Waals surface area contributed by atoms with Crippen molar-refractivity contribution in [3.05, 3.63) is 78.5 Å². The van der Waals surface area contributed by atoms with E-state index in [1.165, 1.54) is 0 Å². The molecular formula is C18H16N2O. The molecule has 3 heteroatoms. The lowest BCUT2D eigenvalue weighted by atomic mass is 10.1. The fourth-order valence-electron chi connectivity index (χ4n) is 2.15. The summed E-state index contributed by atoms with van der Waals surface area (Å²) in [6.07, 6.45) is 1.85. The predicted octanol–water partition coefficient (Wildman–Crippen LogP) is 4.07. The second-order valence-electron chi connectivity index (χ2n) is 4.78. The summed E-state index contributed by atoms with van der Waals surface area (Å²) in [5.74, 6) is 1.09. The number of hydrogen-bond acceptors (Lipinski definition) is 3. The number of benzene rings is 2. The number of phenolic OH excluding ortho intramolecular Hbond substituents is 1. The molecule has 21 heavy (non-hydrogen) atoms. The molecule has 0 atom stereocenters.